The number of aromatic nitrogens is 1. The number of aryl methyl sites for hydroxylation is 1. The van der Waals surface area contributed by atoms with Crippen LogP contribution in [-0.4, -0.2) is 23.5 Å². The van der Waals surface area contributed by atoms with Gasteiger partial charge in [-0.2, -0.15) is 0 Å². The molecule has 0 radical (unpaired) electrons. The SMILES string of the molecule is COc1cc(C)c([C@@H]2CCCN2Cc2ccccc2)cn1. The fraction of sp³-hybridized carbons (Fsp3) is 0.389. The lowest BCUT2D eigenvalue weighted by molar-refractivity contribution is 0.247. The van der Waals surface area contributed by atoms with E-state index in [1.807, 2.05) is 12.3 Å². The Morgan fingerprint density at radius 3 is 2.81 bits per heavy atom. The number of likely N-dealkylation sites (tertiary alicyclic amines) is 1. The summed E-state index contributed by atoms with van der Waals surface area (Å²) in [7, 11) is 1.67. The third-order valence-electron chi connectivity index (χ3n) is 4.29. The lowest BCUT2D eigenvalue weighted by Gasteiger charge is -2.26. The second kappa shape index (κ2) is 6.27. The molecule has 0 saturated carbocycles. The Kier molecular flexibility index (Phi) is 4.20. The van der Waals surface area contributed by atoms with Gasteiger partial charge in [0, 0.05) is 24.8 Å². The zero-order chi connectivity index (χ0) is 14.7. The summed E-state index contributed by atoms with van der Waals surface area (Å²) < 4.78 is 5.21. The minimum absolute atomic E-state index is 0.476. The zero-order valence-corrected chi connectivity index (χ0v) is 12.7. The lowest BCUT2D eigenvalue weighted by Crippen LogP contribution is -2.23. The smallest absolute Gasteiger partial charge is 0.213 e. The summed E-state index contributed by atoms with van der Waals surface area (Å²) in [5, 5.41) is 0. The van der Waals surface area contributed by atoms with E-state index in [1.165, 1.54) is 29.5 Å². The Balaban J connectivity index is 1.80. The highest BCUT2D eigenvalue weighted by molar-refractivity contribution is 5.31. The maximum absolute atomic E-state index is 5.21. The minimum atomic E-state index is 0.476. The Labute approximate surface area is 126 Å². The number of pyridine rings is 1. The van der Waals surface area contributed by atoms with Crippen LogP contribution in [0.5, 0.6) is 5.88 Å². The maximum Gasteiger partial charge on any atom is 0.213 e. The van der Waals surface area contributed by atoms with E-state index in [4.69, 9.17) is 4.74 Å². The van der Waals surface area contributed by atoms with Crippen molar-refractivity contribution in [2.75, 3.05) is 13.7 Å². The molecule has 1 aromatic heterocycles. The summed E-state index contributed by atoms with van der Waals surface area (Å²) in [4.78, 5) is 6.96. The van der Waals surface area contributed by atoms with Crippen molar-refractivity contribution in [2.45, 2.75) is 32.4 Å². The van der Waals surface area contributed by atoms with E-state index in [-0.39, 0.29) is 0 Å². The number of benzene rings is 1. The minimum Gasteiger partial charge on any atom is -0.481 e. The summed E-state index contributed by atoms with van der Waals surface area (Å²) in [5.41, 5.74) is 3.99. The van der Waals surface area contributed by atoms with E-state index >= 15 is 0 Å². The highest BCUT2D eigenvalue weighted by Crippen LogP contribution is 2.35. The molecule has 0 amide bonds. The first kappa shape index (κ1) is 14.1. The molecule has 2 heterocycles. The van der Waals surface area contributed by atoms with Gasteiger partial charge in [0.25, 0.3) is 0 Å². The van der Waals surface area contributed by atoms with Crippen LogP contribution in [0.1, 0.15) is 35.6 Å². The first-order valence-electron chi connectivity index (χ1n) is 7.56. The Bertz CT molecular complexity index is 597. The number of ether oxygens (including phenoxy) is 1. The molecule has 1 fully saturated rings. The van der Waals surface area contributed by atoms with Gasteiger partial charge in [0.2, 0.25) is 5.88 Å². The molecule has 3 rings (SSSR count). The number of methoxy groups -OCH3 is 1. The summed E-state index contributed by atoms with van der Waals surface area (Å²) >= 11 is 0. The van der Waals surface area contributed by atoms with Gasteiger partial charge in [0.1, 0.15) is 0 Å². The van der Waals surface area contributed by atoms with Crippen molar-refractivity contribution < 1.29 is 4.74 Å². The second-order valence-electron chi connectivity index (χ2n) is 5.70. The third-order valence-corrected chi connectivity index (χ3v) is 4.29. The van der Waals surface area contributed by atoms with Crippen molar-refractivity contribution in [1.82, 2.24) is 9.88 Å². The molecule has 0 bridgehead atoms. The van der Waals surface area contributed by atoms with Gasteiger partial charge in [0.15, 0.2) is 0 Å². The number of hydrogen-bond acceptors (Lipinski definition) is 3. The normalized spacial score (nSPS) is 18.9. The molecule has 1 saturated heterocycles. The second-order valence-corrected chi connectivity index (χ2v) is 5.70. The first-order valence-corrected chi connectivity index (χ1v) is 7.56. The van der Waals surface area contributed by atoms with Crippen LogP contribution in [0.4, 0.5) is 0 Å². The van der Waals surface area contributed by atoms with E-state index in [2.05, 4.69) is 47.1 Å². The third kappa shape index (κ3) is 3.08. The first-order chi connectivity index (χ1) is 10.3. The molecular formula is C18H22N2O. The molecular weight excluding hydrogens is 260 g/mol. The fourth-order valence-electron chi connectivity index (χ4n) is 3.19. The van der Waals surface area contributed by atoms with E-state index in [0.717, 1.165) is 13.1 Å². The molecule has 1 atom stereocenters. The molecule has 1 aromatic carbocycles. The fourth-order valence-corrected chi connectivity index (χ4v) is 3.19. The molecule has 1 aliphatic rings. The van der Waals surface area contributed by atoms with Crippen LogP contribution in [0.3, 0.4) is 0 Å². The average molecular weight is 282 g/mol. The van der Waals surface area contributed by atoms with E-state index in [1.54, 1.807) is 7.11 Å². The molecule has 21 heavy (non-hydrogen) atoms. The van der Waals surface area contributed by atoms with Crippen molar-refractivity contribution >= 4 is 0 Å². The highest BCUT2D eigenvalue weighted by Gasteiger charge is 2.27. The number of hydrogen-bond donors (Lipinski definition) is 0. The van der Waals surface area contributed by atoms with Gasteiger partial charge in [-0.25, -0.2) is 4.98 Å². The predicted molar refractivity (Wildman–Crippen MR) is 84.4 cm³/mol. The molecule has 0 aliphatic carbocycles. The Hall–Kier alpha value is -1.87. The molecule has 3 heteroatoms. The zero-order valence-electron chi connectivity index (χ0n) is 12.7. The van der Waals surface area contributed by atoms with Gasteiger partial charge >= 0.3 is 0 Å². The van der Waals surface area contributed by atoms with Gasteiger partial charge < -0.3 is 4.74 Å². The van der Waals surface area contributed by atoms with Crippen LogP contribution in [0.15, 0.2) is 42.6 Å². The van der Waals surface area contributed by atoms with E-state index in [9.17, 15) is 0 Å². The summed E-state index contributed by atoms with van der Waals surface area (Å²) in [6.07, 6.45) is 4.45. The monoisotopic (exact) mass is 282 g/mol. The molecule has 0 unspecified atom stereocenters. The molecule has 0 spiro atoms. The van der Waals surface area contributed by atoms with Crippen LogP contribution >= 0.6 is 0 Å². The van der Waals surface area contributed by atoms with E-state index < -0.39 is 0 Å². The maximum atomic E-state index is 5.21. The topological polar surface area (TPSA) is 25.4 Å². The quantitative estimate of drug-likeness (QED) is 0.854. The van der Waals surface area contributed by atoms with Crippen LogP contribution in [0.2, 0.25) is 0 Å². The molecule has 1 aliphatic heterocycles. The van der Waals surface area contributed by atoms with Gasteiger partial charge in [-0.3, -0.25) is 4.90 Å². The number of rotatable bonds is 4. The molecule has 2 aromatic rings. The van der Waals surface area contributed by atoms with Crippen LogP contribution in [0, 0.1) is 6.92 Å². The van der Waals surface area contributed by atoms with Gasteiger partial charge in [-0.1, -0.05) is 30.3 Å². The van der Waals surface area contributed by atoms with Crippen LogP contribution in [0.25, 0.3) is 0 Å². The van der Waals surface area contributed by atoms with Crippen molar-refractivity contribution in [2.24, 2.45) is 0 Å². The van der Waals surface area contributed by atoms with Gasteiger partial charge in [0.05, 0.1) is 7.11 Å². The van der Waals surface area contributed by atoms with Crippen LogP contribution < -0.4 is 4.74 Å². The predicted octanol–water partition coefficient (Wildman–Crippen LogP) is 3.74. The number of nitrogens with zero attached hydrogens (tertiary/aromatic N) is 2. The van der Waals surface area contributed by atoms with Gasteiger partial charge in [-0.15, -0.1) is 0 Å². The molecule has 0 N–H and O–H groups in total. The largest absolute Gasteiger partial charge is 0.481 e. The molecule has 3 nitrogen and oxygen atoms in total. The molecule has 110 valence electrons. The van der Waals surface area contributed by atoms with E-state index in [0.29, 0.717) is 11.9 Å². The average Bonchev–Trinajstić information content (AvgIpc) is 2.96. The van der Waals surface area contributed by atoms with Gasteiger partial charge in [-0.05, 0) is 43.0 Å². The van der Waals surface area contributed by atoms with Crippen molar-refractivity contribution in [3.05, 3.63) is 59.3 Å². The van der Waals surface area contributed by atoms with Crippen molar-refractivity contribution in [3.8, 4) is 5.88 Å². The summed E-state index contributed by atoms with van der Waals surface area (Å²) in [6, 6.07) is 13.2. The highest BCUT2D eigenvalue weighted by atomic mass is 16.5. The Morgan fingerprint density at radius 1 is 1.29 bits per heavy atom. The van der Waals surface area contributed by atoms with Crippen LogP contribution in [-0.2, 0) is 6.54 Å². The van der Waals surface area contributed by atoms with Crippen molar-refractivity contribution in [3.63, 3.8) is 0 Å². The standard InChI is InChI=1S/C18H22N2O/c1-14-11-18(21-2)19-12-16(14)17-9-6-10-20(17)13-15-7-4-3-5-8-15/h3-5,7-8,11-12,17H,6,9-10,13H2,1-2H3/t17-/m0/s1. The lowest BCUT2D eigenvalue weighted by atomic mass is 10.0. The Morgan fingerprint density at radius 2 is 2.10 bits per heavy atom. The van der Waals surface area contributed by atoms with Crippen molar-refractivity contribution in [1.29, 1.82) is 0 Å². The summed E-state index contributed by atoms with van der Waals surface area (Å²) in [6.45, 7) is 4.32. The summed E-state index contributed by atoms with van der Waals surface area (Å²) in [5.74, 6) is 0.698.